The zero-order valence-electron chi connectivity index (χ0n) is 11.8. The van der Waals surface area contributed by atoms with Gasteiger partial charge in [-0.15, -0.1) is 0 Å². The van der Waals surface area contributed by atoms with E-state index in [9.17, 15) is 28.7 Å². The second-order valence-corrected chi connectivity index (χ2v) is 10.8. The molecule has 1 heterocycles. The zero-order chi connectivity index (χ0) is 16.5. The molecule has 3 unspecified atom stereocenters. The molecule has 0 aromatic rings. The van der Waals surface area contributed by atoms with Crippen molar-refractivity contribution in [2.75, 3.05) is 6.54 Å². The van der Waals surface area contributed by atoms with Crippen molar-refractivity contribution in [3.05, 3.63) is 0 Å². The summed E-state index contributed by atoms with van der Waals surface area (Å²) in [6, 6.07) is -0.429. The van der Waals surface area contributed by atoms with Crippen molar-refractivity contribution in [1.29, 1.82) is 0 Å². The SMILES string of the molecule is CC(S)CC1CCC(CC(N)(P(=O)(O)O)P(=O)(O)O)NC1. The molecule has 0 spiro atoms. The number of nitrogens with one attached hydrogen (secondary N) is 1. The molecule has 3 atom stereocenters. The van der Waals surface area contributed by atoms with Gasteiger partial charge in [0.25, 0.3) is 0 Å². The first-order valence-electron chi connectivity index (χ1n) is 6.68. The summed E-state index contributed by atoms with van der Waals surface area (Å²) >= 11 is 4.32. The second-order valence-electron chi connectivity index (χ2n) is 5.80. The van der Waals surface area contributed by atoms with Crippen molar-refractivity contribution < 1.29 is 28.7 Å². The van der Waals surface area contributed by atoms with Gasteiger partial charge >= 0.3 is 15.2 Å². The van der Waals surface area contributed by atoms with Gasteiger partial charge in [0.05, 0.1) is 0 Å². The monoisotopic (exact) mass is 362 g/mol. The number of piperidine rings is 1. The highest BCUT2D eigenvalue weighted by molar-refractivity contribution is 7.80. The molecule has 11 heteroatoms. The van der Waals surface area contributed by atoms with E-state index < -0.39 is 32.7 Å². The van der Waals surface area contributed by atoms with E-state index in [0.717, 1.165) is 12.8 Å². The molecule has 21 heavy (non-hydrogen) atoms. The molecule has 7 N–H and O–H groups in total. The lowest BCUT2D eigenvalue weighted by Gasteiger charge is -2.37. The first kappa shape index (κ1) is 19.6. The van der Waals surface area contributed by atoms with Crippen LogP contribution in [0.2, 0.25) is 0 Å². The van der Waals surface area contributed by atoms with Crippen LogP contribution in [-0.2, 0) is 9.13 Å². The Kier molecular flexibility index (Phi) is 6.53. The highest BCUT2D eigenvalue weighted by Crippen LogP contribution is 2.67. The molecule has 0 radical (unpaired) electrons. The lowest BCUT2D eigenvalue weighted by molar-refractivity contribution is 0.253. The van der Waals surface area contributed by atoms with Crippen LogP contribution in [0, 0.1) is 5.92 Å². The van der Waals surface area contributed by atoms with Crippen LogP contribution in [0.4, 0.5) is 0 Å². The Bertz CT molecular complexity index is 421. The standard InChI is InChI=1S/C10H24N2O6P2S/c1-7(21)4-8-2-3-9(12-6-8)5-10(11,19(13,14)15)20(16,17)18/h7-9,12,21H,2-6,11H2,1H3,(H2,13,14,15)(H2,16,17,18). The van der Waals surface area contributed by atoms with Crippen LogP contribution >= 0.6 is 27.8 Å². The van der Waals surface area contributed by atoms with Crippen molar-refractivity contribution in [3.8, 4) is 0 Å². The molecule has 1 fully saturated rings. The Morgan fingerprint density at radius 3 is 2.14 bits per heavy atom. The predicted molar refractivity (Wildman–Crippen MR) is 83.2 cm³/mol. The largest absolute Gasteiger partial charge is 0.357 e. The van der Waals surface area contributed by atoms with Gasteiger partial charge in [-0.3, -0.25) is 9.13 Å². The third kappa shape index (κ3) is 5.03. The average Bonchev–Trinajstić information content (AvgIpc) is 2.28. The van der Waals surface area contributed by atoms with Gasteiger partial charge in [-0.1, -0.05) is 6.92 Å². The van der Waals surface area contributed by atoms with Crippen LogP contribution < -0.4 is 11.1 Å². The Balaban J connectivity index is 2.72. The van der Waals surface area contributed by atoms with E-state index in [4.69, 9.17) is 5.73 Å². The maximum absolute atomic E-state index is 11.4. The smallest absolute Gasteiger partial charge is 0.323 e. The first-order chi connectivity index (χ1) is 9.37. The normalized spacial score (nSPS) is 26.6. The Labute approximate surface area is 129 Å². The molecule has 0 bridgehead atoms. The molecule has 0 amide bonds. The summed E-state index contributed by atoms with van der Waals surface area (Å²) in [5, 5.41) is 0.498. The third-order valence-corrected chi connectivity index (χ3v) is 8.01. The predicted octanol–water partition coefficient (Wildman–Crippen LogP) is 0.421. The van der Waals surface area contributed by atoms with Gasteiger partial charge in [-0.25, -0.2) is 0 Å². The van der Waals surface area contributed by atoms with Crippen LogP contribution in [0.25, 0.3) is 0 Å². The highest BCUT2D eigenvalue weighted by atomic mass is 32.1. The molecule has 126 valence electrons. The lowest BCUT2D eigenvalue weighted by atomic mass is 9.90. The Morgan fingerprint density at radius 2 is 1.81 bits per heavy atom. The molecular formula is C10H24N2O6P2S. The molecule has 0 aromatic heterocycles. The van der Waals surface area contributed by atoms with Gasteiger partial charge in [-0.2, -0.15) is 12.6 Å². The number of nitrogens with two attached hydrogens (primary N) is 1. The maximum Gasteiger partial charge on any atom is 0.357 e. The van der Waals surface area contributed by atoms with Gasteiger partial charge in [-0.05, 0) is 37.0 Å². The lowest BCUT2D eigenvalue weighted by Crippen LogP contribution is -2.48. The number of thiol groups is 1. The van der Waals surface area contributed by atoms with Gasteiger partial charge in [0.2, 0.25) is 5.02 Å². The molecule has 8 nitrogen and oxygen atoms in total. The topological polar surface area (TPSA) is 153 Å². The number of hydrogen-bond acceptors (Lipinski definition) is 5. The molecule has 0 saturated carbocycles. The Hall–Kier alpha value is 0.570. The molecular weight excluding hydrogens is 338 g/mol. The molecule has 1 aliphatic heterocycles. The van der Waals surface area contributed by atoms with E-state index in [1.807, 2.05) is 6.92 Å². The molecule has 0 aromatic carbocycles. The van der Waals surface area contributed by atoms with Gasteiger partial charge in [0, 0.05) is 12.5 Å². The summed E-state index contributed by atoms with van der Waals surface area (Å²) in [7, 11) is -10.3. The third-order valence-electron chi connectivity index (χ3n) is 3.85. The summed E-state index contributed by atoms with van der Waals surface area (Å²) in [6.07, 6.45) is 1.81. The van der Waals surface area contributed by atoms with Crippen molar-refractivity contribution >= 4 is 27.8 Å². The van der Waals surface area contributed by atoms with Crippen LogP contribution in [-0.4, -0.2) is 42.4 Å². The Morgan fingerprint density at radius 1 is 1.29 bits per heavy atom. The van der Waals surface area contributed by atoms with Crippen molar-refractivity contribution in [2.24, 2.45) is 11.7 Å². The van der Waals surface area contributed by atoms with Crippen LogP contribution in [0.3, 0.4) is 0 Å². The van der Waals surface area contributed by atoms with E-state index in [1.54, 1.807) is 0 Å². The quantitative estimate of drug-likeness (QED) is 0.265. The fourth-order valence-electron chi connectivity index (χ4n) is 2.60. The fraction of sp³-hybridized carbons (Fsp3) is 1.00. The molecule has 1 rings (SSSR count). The fourth-order valence-corrected chi connectivity index (χ4v) is 5.17. The van der Waals surface area contributed by atoms with Crippen molar-refractivity contribution in [1.82, 2.24) is 5.32 Å². The minimum atomic E-state index is -5.15. The van der Waals surface area contributed by atoms with Crippen LogP contribution in [0.1, 0.15) is 32.6 Å². The minimum Gasteiger partial charge on any atom is -0.323 e. The zero-order valence-corrected chi connectivity index (χ0v) is 14.5. The van der Waals surface area contributed by atoms with E-state index in [0.29, 0.717) is 18.9 Å². The van der Waals surface area contributed by atoms with Crippen molar-refractivity contribution in [2.45, 2.75) is 48.9 Å². The van der Waals surface area contributed by atoms with Crippen molar-refractivity contribution in [3.63, 3.8) is 0 Å². The minimum absolute atomic E-state index is 0.257. The second kappa shape index (κ2) is 6.99. The van der Waals surface area contributed by atoms with Gasteiger partial charge in [0.15, 0.2) is 0 Å². The summed E-state index contributed by atoms with van der Waals surface area (Å²) < 4.78 is 22.8. The summed E-state index contributed by atoms with van der Waals surface area (Å²) in [5.41, 5.74) is 5.42. The van der Waals surface area contributed by atoms with E-state index in [-0.39, 0.29) is 5.25 Å². The van der Waals surface area contributed by atoms with Crippen LogP contribution in [0.15, 0.2) is 0 Å². The summed E-state index contributed by atoms with van der Waals surface area (Å²) in [4.78, 5) is 36.9. The van der Waals surface area contributed by atoms with E-state index in [2.05, 4.69) is 17.9 Å². The van der Waals surface area contributed by atoms with Gasteiger partial charge in [0.1, 0.15) is 0 Å². The van der Waals surface area contributed by atoms with Gasteiger partial charge < -0.3 is 30.6 Å². The van der Waals surface area contributed by atoms with E-state index in [1.165, 1.54) is 0 Å². The number of hydrogen-bond donors (Lipinski definition) is 7. The summed E-state index contributed by atoms with van der Waals surface area (Å²) in [5.74, 6) is 0.394. The highest BCUT2D eigenvalue weighted by Gasteiger charge is 2.58. The summed E-state index contributed by atoms with van der Waals surface area (Å²) in [6.45, 7) is 2.61. The van der Waals surface area contributed by atoms with E-state index >= 15 is 0 Å². The number of rotatable bonds is 6. The molecule has 1 aliphatic rings. The maximum atomic E-state index is 11.4. The first-order valence-corrected chi connectivity index (χ1v) is 10.4. The average molecular weight is 362 g/mol. The molecule has 1 saturated heterocycles. The van der Waals surface area contributed by atoms with Crippen LogP contribution in [0.5, 0.6) is 0 Å². The molecule has 0 aliphatic carbocycles.